The van der Waals surface area contributed by atoms with Crippen molar-refractivity contribution in [3.63, 3.8) is 0 Å². The third-order valence-corrected chi connectivity index (χ3v) is 5.70. The molecule has 0 aliphatic carbocycles. The van der Waals surface area contributed by atoms with E-state index in [4.69, 9.17) is 24.7 Å². The number of ether oxygens (including phenoxy) is 5. The minimum absolute atomic E-state index is 0.0722. The molecule has 15 heteroatoms. The maximum Gasteiger partial charge on any atom is 0.573 e. The number of carbonyl (C=O) groups excluding carboxylic acids is 1. The molecular weight excluding hydrogens is 590 g/mol. The van der Waals surface area contributed by atoms with Gasteiger partial charge in [-0.2, -0.15) is 0 Å². The molecule has 0 atom stereocenters. The Bertz CT molecular complexity index is 1710. The zero-order valence-electron chi connectivity index (χ0n) is 23.4. The average molecular weight is 616 g/mol. The highest BCUT2D eigenvalue weighted by molar-refractivity contribution is 6.06. The van der Waals surface area contributed by atoms with E-state index in [1.54, 1.807) is 37.4 Å². The molecule has 4 aromatic rings. The molecule has 0 bridgehead atoms. The van der Waals surface area contributed by atoms with Crippen LogP contribution >= 0.6 is 0 Å². The zero-order chi connectivity index (χ0) is 31.9. The van der Waals surface area contributed by atoms with Crippen molar-refractivity contribution in [1.29, 1.82) is 0 Å². The fourth-order valence-electron chi connectivity index (χ4n) is 3.73. The Hall–Kier alpha value is -5.60. The number of nitrogens with zero attached hydrogens (tertiary/aromatic N) is 3. The second kappa shape index (κ2) is 13.6. The maximum absolute atomic E-state index is 14.3. The van der Waals surface area contributed by atoms with Gasteiger partial charge in [0, 0.05) is 23.7 Å². The van der Waals surface area contributed by atoms with E-state index in [1.165, 1.54) is 26.5 Å². The summed E-state index contributed by atoms with van der Waals surface area (Å²) in [7, 11) is 3.04. The summed E-state index contributed by atoms with van der Waals surface area (Å²) in [6.07, 6.45) is -1.06. The summed E-state index contributed by atoms with van der Waals surface area (Å²) in [4.78, 5) is 25.1. The number of allylic oxidation sites excluding steroid dienone is 1. The van der Waals surface area contributed by atoms with Crippen molar-refractivity contribution in [3.05, 3.63) is 78.2 Å². The molecule has 0 aliphatic rings. The number of benzene rings is 2. The molecule has 2 heterocycles. The Morgan fingerprint density at radius 2 is 1.73 bits per heavy atom. The Kier molecular flexibility index (Phi) is 9.67. The highest BCUT2D eigenvalue weighted by Gasteiger charge is 2.31. The molecular formula is C29H25F4N5O6. The SMILES string of the molecule is CCOC(C=Nc1ccc(OC(F)(F)F)cc1F)=C(N)C(=O)Nc1ccc(Oc2ccnc3cc(OC)c(OC)cc23)cn1. The normalized spacial score (nSPS) is 12.1. The molecule has 0 saturated carbocycles. The maximum atomic E-state index is 14.3. The standard InChI is InChI=1S/C29H25F4N5O6/c1-4-42-25(15-36-20-7-5-16(11-19(20)30)44-29(31,32)33)27(34)28(39)38-26-8-6-17(14-37-26)43-22-9-10-35-21-13-24(41-3)23(40-2)12-18(21)22/h5-15H,4,34H2,1-3H3,(H,37,38,39). The first-order chi connectivity index (χ1) is 21.0. The van der Waals surface area contributed by atoms with Crippen LogP contribution in [-0.4, -0.2) is 49.3 Å². The molecule has 2 aromatic carbocycles. The number of hydrogen-bond acceptors (Lipinski definition) is 10. The molecule has 44 heavy (non-hydrogen) atoms. The quantitative estimate of drug-likeness (QED) is 0.0897. The second-order valence-electron chi connectivity index (χ2n) is 8.60. The number of rotatable bonds is 11. The van der Waals surface area contributed by atoms with Crippen LogP contribution in [0.3, 0.4) is 0 Å². The highest BCUT2D eigenvalue weighted by Crippen LogP contribution is 2.37. The molecule has 0 radical (unpaired) electrons. The number of anilines is 1. The predicted molar refractivity (Wildman–Crippen MR) is 152 cm³/mol. The minimum Gasteiger partial charge on any atom is -0.493 e. The number of nitrogens with one attached hydrogen (secondary N) is 1. The molecule has 4 rings (SSSR count). The topological polar surface area (TPSA) is 139 Å². The van der Waals surface area contributed by atoms with Crippen molar-refractivity contribution in [3.8, 4) is 28.7 Å². The number of amides is 1. The van der Waals surface area contributed by atoms with Gasteiger partial charge in [-0.05, 0) is 43.3 Å². The van der Waals surface area contributed by atoms with Gasteiger partial charge in [0.25, 0.3) is 5.91 Å². The lowest BCUT2D eigenvalue weighted by molar-refractivity contribution is -0.274. The van der Waals surface area contributed by atoms with Crippen LogP contribution in [0.1, 0.15) is 6.92 Å². The van der Waals surface area contributed by atoms with E-state index in [2.05, 4.69) is 25.0 Å². The number of aliphatic imine (C=N–C) groups is 1. The first-order valence-electron chi connectivity index (χ1n) is 12.7. The van der Waals surface area contributed by atoms with Gasteiger partial charge in [-0.3, -0.25) is 9.78 Å². The number of alkyl halides is 3. The fraction of sp³-hybridized carbons (Fsp3) is 0.172. The van der Waals surface area contributed by atoms with Gasteiger partial charge < -0.3 is 34.7 Å². The number of carbonyl (C=O) groups is 1. The number of halogens is 4. The van der Waals surface area contributed by atoms with Gasteiger partial charge in [-0.15, -0.1) is 13.2 Å². The summed E-state index contributed by atoms with van der Waals surface area (Å²) in [6.45, 7) is 1.69. The van der Waals surface area contributed by atoms with Crippen molar-refractivity contribution in [2.24, 2.45) is 10.7 Å². The highest BCUT2D eigenvalue weighted by atomic mass is 19.4. The van der Waals surface area contributed by atoms with Crippen molar-refractivity contribution in [2.45, 2.75) is 13.3 Å². The Morgan fingerprint density at radius 3 is 2.36 bits per heavy atom. The molecule has 230 valence electrons. The monoisotopic (exact) mass is 615 g/mol. The molecule has 2 aromatic heterocycles. The Morgan fingerprint density at radius 1 is 1.00 bits per heavy atom. The molecule has 0 aliphatic heterocycles. The van der Waals surface area contributed by atoms with Gasteiger partial charge >= 0.3 is 6.36 Å². The fourth-order valence-corrected chi connectivity index (χ4v) is 3.73. The number of aromatic nitrogens is 2. The molecule has 1 amide bonds. The summed E-state index contributed by atoms with van der Waals surface area (Å²) in [5.74, 6) is -0.928. The Labute approximate surface area is 247 Å². The largest absolute Gasteiger partial charge is 0.573 e. The average Bonchev–Trinajstić information content (AvgIpc) is 2.99. The van der Waals surface area contributed by atoms with Gasteiger partial charge in [0.15, 0.2) is 23.1 Å². The summed E-state index contributed by atoms with van der Waals surface area (Å²) < 4.78 is 77.1. The summed E-state index contributed by atoms with van der Waals surface area (Å²) in [5.41, 5.74) is 5.81. The van der Waals surface area contributed by atoms with Crippen LogP contribution in [0.2, 0.25) is 0 Å². The van der Waals surface area contributed by atoms with Crippen LogP contribution in [0.15, 0.2) is 77.4 Å². The van der Waals surface area contributed by atoms with Crippen LogP contribution in [0.4, 0.5) is 29.1 Å². The molecule has 0 saturated heterocycles. The van der Waals surface area contributed by atoms with Crippen LogP contribution in [-0.2, 0) is 9.53 Å². The van der Waals surface area contributed by atoms with Crippen molar-refractivity contribution in [1.82, 2.24) is 9.97 Å². The van der Waals surface area contributed by atoms with E-state index in [9.17, 15) is 22.4 Å². The van der Waals surface area contributed by atoms with Gasteiger partial charge in [-0.25, -0.2) is 14.4 Å². The van der Waals surface area contributed by atoms with Crippen LogP contribution in [0.25, 0.3) is 10.9 Å². The summed E-state index contributed by atoms with van der Waals surface area (Å²) in [5, 5.41) is 3.16. The number of hydrogen-bond donors (Lipinski definition) is 2. The van der Waals surface area contributed by atoms with Crippen molar-refractivity contribution >= 4 is 34.5 Å². The van der Waals surface area contributed by atoms with E-state index in [0.717, 1.165) is 18.3 Å². The van der Waals surface area contributed by atoms with E-state index >= 15 is 0 Å². The molecule has 0 fully saturated rings. The van der Waals surface area contributed by atoms with Crippen LogP contribution in [0, 0.1) is 5.82 Å². The van der Waals surface area contributed by atoms with E-state index in [1.807, 2.05) is 0 Å². The lowest BCUT2D eigenvalue weighted by atomic mass is 10.2. The van der Waals surface area contributed by atoms with Gasteiger partial charge in [-0.1, -0.05) is 0 Å². The van der Waals surface area contributed by atoms with E-state index in [-0.39, 0.29) is 23.9 Å². The van der Waals surface area contributed by atoms with Crippen molar-refractivity contribution < 1.29 is 46.0 Å². The first-order valence-corrected chi connectivity index (χ1v) is 12.7. The molecule has 3 N–H and O–H groups in total. The predicted octanol–water partition coefficient (Wildman–Crippen LogP) is 6.02. The first kappa shape index (κ1) is 31.3. The molecule has 0 unspecified atom stereocenters. The van der Waals surface area contributed by atoms with E-state index in [0.29, 0.717) is 40.0 Å². The second-order valence-corrected chi connectivity index (χ2v) is 8.60. The summed E-state index contributed by atoms with van der Waals surface area (Å²) >= 11 is 0. The van der Waals surface area contributed by atoms with Crippen LogP contribution < -0.4 is 30.0 Å². The molecule has 11 nitrogen and oxygen atoms in total. The third-order valence-electron chi connectivity index (χ3n) is 5.70. The smallest absolute Gasteiger partial charge is 0.493 e. The Balaban J connectivity index is 1.47. The van der Waals surface area contributed by atoms with Crippen LogP contribution in [0.5, 0.6) is 28.7 Å². The lowest BCUT2D eigenvalue weighted by Gasteiger charge is -2.12. The molecule has 0 spiro atoms. The van der Waals surface area contributed by atoms with Gasteiger partial charge in [0.1, 0.15) is 28.8 Å². The van der Waals surface area contributed by atoms with Crippen molar-refractivity contribution in [2.75, 3.05) is 26.1 Å². The van der Waals surface area contributed by atoms with Gasteiger partial charge in [0.05, 0.1) is 44.4 Å². The van der Waals surface area contributed by atoms with E-state index < -0.39 is 29.5 Å². The lowest BCUT2D eigenvalue weighted by Crippen LogP contribution is -2.23. The number of nitrogens with two attached hydrogens (primary N) is 1. The number of pyridine rings is 2. The number of methoxy groups -OCH3 is 2. The van der Waals surface area contributed by atoms with Gasteiger partial charge in [0.2, 0.25) is 0 Å². The zero-order valence-corrected chi connectivity index (χ0v) is 23.4. The third kappa shape index (κ3) is 7.81. The number of fused-ring (bicyclic) bond motifs is 1. The summed E-state index contributed by atoms with van der Waals surface area (Å²) in [6, 6.07) is 10.5. The minimum atomic E-state index is -4.98.